The Morgan fingerprint density at radius 1 is 1.27 bits per heavy atom. The van der Waals surface area contributed by atoms with Gasteiger partial charge >= 0.3 is 0 Å². The van der Waals surface area contributed by atoms with E-state index in [9.17, 15) is 23.9 Å². The second kappa shape index (κ2) is 8.32. The van der Waals surface area contributed by atoms with Gasteiger partial charge < -0.3 is 5.11 Å². The van der Waals surface area contributed by atoms with Crippen LogP contribution in [0.5, 0.6) is 0 Å². The first-order valence-corrected chi connectivity index (χ1v) is 9.88. The Bertz CT molecular complexity index is 951. The molecule has 7 nitrogen and oxygen atoms in total. The van der Waals surface area contributed by atoms with Gasteiger partial charge in [-0.15, -0.1) is 0 Å². The van der Waals surface area contributed by atoms with Gasteiger partial charge in [0, 0.05) is 6.21 Å². The lowest BCUT2D eigenvalue weighted by atomic mass is 9.84. The molecule has 1 saturated carbocycles. The quantitative estimate of drug-likeness (QED) is 0.790. The molecule has 1 saturated heterocycles. The maximum atomic E-state index is 12.7. The molecule has 1 aliphatic carbocycles. The molecule has 1 amide bonds. The van der Waals surface area contributed by atoms with E-state index in [2.05, 4.69) is 21.5 Å². The van der Waals surface area contributed by atoms with Crippen LogP contribution in [-0.2, 0) is 4.79 Å². The molecule has 9 heteroatoms. The van der Waals surface area contributed by atoms with Gasteiger partial charge in [0.05, 0.1) is 29.4 Å². The van der Waals surface area contributed by atoms with E-state index in [0.717, 1.165) is 25.7 Å². The average molecular weight is 413 g/mol. The number of amidine groups is 1. The number of hydrogen-bond acceptors (Lipinski definition) is 5. The fourth-order valence-corrected chi connectivity index (χ4v) is 4.18. The van der Waals surface area contributed by atoms with E-state index in [4.69, 9.17) is 0 Å². The number of carbonyl (C=O) groups excluding carboxylic acids is 1. The number of amides is 1. The van der Waals surface area contributed by atoms with E-state index < -0.39 is 18.4 Å². The van der Waals surface area contributed by atoms with Crippen molar-refractivity contribution in [2.75, 3.05) is 0 Å². The maximum absolute atomic E-state index is 12.7. The zero-order valence-electron chi connectivity index (χ0n) is 16.1. The summed E-state index contributed by atoms with van der Waals surface area (Å²) in [6.07, 6.45) is 2.12. The van der Waals surface area contributed by atoms with Crippen molar-refractivity contribution in [3.05, 3.63) is 41.6 Å². The molecule has 2 fully saturated rings. The summed E-state index contributed by atoms with van der Waals surface area (Å²) >= 11 is 0. The fourth-order valence-electron chi connectivity index (χ4n) is 4.18. The number of dihydropyridines is 1. The number of aliphatic hydroxyl groups excluding tert-OH is 1. The smallest absolute Gasteiger partial charge is 0.268 e. The highest BCUT2D eigenvalue weighted by molar-refractivity contribution is 6.12. The number of aliphatic hydroxyl groups is 1. The average Bonchev–Trinajstić information content (AvgIpc) is 3.13. The van der Waals surface area contributed by atoms with E-state index in [1.807, 2.05) is 5.01 Å². The lowest BCUT2D eigenvalue weighted by molar-refractivity contribution is -0.119. The summed E-state index contributed by atoms with van der Waals surface area (Å²) in [5.74, 6) is -0.818. The van der Waals surface area contributed by atoms with Crippen LogP contribution in [0.4, 0.5) is 14.5 Å². The lowest BCUT2D eigenvalue weighted by Crippen LogP contribution is -2.46. The summed E-state index contributed by atoms with van der Waals surface area (Å²) in [6.45, 7) is 0. The van der Waals surface area contributed by atoms with Crippen LogP contribution < -0.4 is 5.43 Å². The van der Waals surface area contributed by atoms with Crippen LogP contribution in [0, 0.1) is 23.2 Å². The van der Waals surface area contributed by atoms with Crippen molar-refractivity contribution in [1.82, 2.24) is 10.4 Å². The van der Waals surface area contributed by atoms with Crippen LogP contribution in [0.15, 0.2) is 46.0 Å². The van der Waals surface area contributed by atoms with E-state index in [1.54, 1.807) is 6.08 Å². The van der Waals surface area contributed by atoms with Gasteiger partial charge in [0.15, 0.2) is 0 Å². The maximum Gasteiger partial charge on any atom is 0.268 e. The van der Waals surface area contributed by atoms with Crippen LogP contribution in [0.1, 0.15) is 37.4 Å². The third-order valence-electron chi connectivity index (χ3n) is 5.73. The number of halogens is 2. The summed E-state index contributed by atoms with van der Waals surface area (Å²) < 4.78 is 25.4. The number of carbonyl (C=O) groups is 1. The molecule has 2 N–H and O–H groups in total. The number of benzene rings is 1. The van der Waals surface area contributed by atoms with Gasteiger partial charge in [-0.3, -0.25) is 15.2 Å². The van der Waals surface area contributed by atoms with Gasteiger partial charge in [-0.2, -0.15) is 5.26 Å². The van der Waals surface area contributed by atoms with E-state index in [-0.39, 0.29) is 23.4 Å². The topological polar surface area (TPSA) is 101 Å². The van der Waals surface area contributed by atoms with Crippen molar-refractivity contribution in [2.24, 2.45) is 21.8 Å². The number of fused-ring (bicyclic) bond motifs is 1. The normalized spacial score (nSPS) is 28.2. The van der Waals surface area contributed by atoms with Gasteiger partial charge in [-0.25, -0.2) is 18.8 Å². The molecule has 156 valence electrons. The second-order valence-electron chi connectivity index (χ2n) is 7.58. The van der Waals surface area contributed by atoms with E-state index in [0.29, 0.717) is 17.2 Å². The first-order chi connectivity index (χ1) is 14.5. The van der Waals surface area contributed by atoms with E-state index >= 15 is 0 Å². The first-order valence-electron chi connectivity index (χ1n) is 9.88. The molecule has 30 heavy (non-hydrogen) atoms. The van der Waals surface area contributed by atoms with Crippen LogP contribution >= 0.6 is 0 Å². The number of rotatable bonds is 4. The monoisotopic (exact) mass is 413 g/mol. The number of allylic oxidation sites excluding steroid dienone is 1. The molecule has 1 aromatic rings. The highest BCUT2D eigenvalue weighted by Crippen LogP contribution is 2.36. The first kappa shape index (κ1) is 20.2. The van der Waals surface area contributed by atoms with Crippen LogP contribution in [-0.4, -0.2) is 40.5 Å². The molecule has 4 atom stereocenters. The Kier molecular flexibility index (Phi) is 5.59. The van der Waals surface area contributed by atoms with Crippen molar-refractivity contribution < 1.29 is 18.7 Å². The Labute approximate surface area is 172 Å². The van der Waals surface area contributed by atoms with Crippen molar-refractivity contribution in [2.45, 2.75) is 44.3 Å². The number of hydrazine groups is 1. The summed E-state index contributed by atoms with van der Waals surface area (Å²) in [5, 5.41) is 20.9. The van der Waals surface area contributed by atoms with Gasteiger partial charge in [-0.05, 0) is 36.6 Å². The highest BCUT2D eigenvalue weighted by atomic mass is 19.3. The zero-order valence-corrected chi connectivity index (χ0v) is 16.1. The van der Waals surface area contributed by atoms with Crippen LogP contribution in [0.2, 0.25) is 0 Å². The molecule has 1 aromatic carbocycles. The third kappa shape index (κ3) is 3.71. The summed E-state index contributed by atoms with van der Waals surface area (Å²) in [6, 6.07) is 8.09. The largest absolute Gasteiger partial charge is 0.382 e. The van der Waals surface area contributed by atoms with Crippen LogP contribution in [0.25, 0.3) is 0 Å². The Morgan fingerprint density at radius 2 is 2.00 bits per heavy atom. The molecule has 4 rings (SSSR count). The number of alkyl halides is 2. The summed E-state index contributed by atoms with van der Waals surface area (Å²) in [5.41, 5.74) is 4.45. The second-order valence-corrected chi connectivity index (χ2v) is 7.58. The number of nitrogens with zero attached hydrogens (tertiary/aromatic N) is 4. The Morgan fingerprint density at radius 3 is 2.70 bits per heavy atom. The predicted octanol–water partition coefficient (Wildman–Crippen LogP) is 3.03. The van der Waals surface area contributed by atoms with Gasteiger partial charge in [-0.1, -0.05) is 25.0 Å². The summed E-state index contributed by atoms with van der Waals surface area (Å²) in [4.78, 5) is 20.9. The van der Waals surface area contributed by atoms with Crippen molar-refractivity contribution in [3.63, 3.8) is 0 Å². The number of nitrogens with one attached hydrogen (secondary N) is 1. The number of aliphatic imine (C=N–C) groups is 2. The van der Waals surface area contributed by atoms with Crippen LogP contribution in [0.3, 0.4) is 0 Å². The lowest BCUT2D eigenvalue weighted by Gasteiger charge is -2.36. The molecule has 2 aliphatic heterocycles. The molecule has 0 radical (unpaired) electrons. The standard InChI is InChI=1S/C21H21F2N5O2/c22-19(23)18(29)12-5-7-14(8-6-12)26-20-17-16(9-10-25-21(17)30)28(27-20)15-4-2-1-3-13(15)11-24/h5-10,13,15,17-19,29H,1-4H2,(H,26,27). The van der Waals surface area contributed by atoms with Crippen molar-refractivity contribution >= 4 is 23.6 Å². The molecule has 0 aromatic heterocycles. The van der Waals surface area contributed by atoms with Crippen molar-refractivity contribution in [3.8, 4) is 6.07 Å². The molecule has 4 unspecified atom stereocenters. The minimum absolute atomic E-state index is 0.0759. The molecular weight excluding hydrogens is 392 g/mol. The SMILES string of the molecule is N#CC1CCCCC1N1NC(=Nc2ccc(C(O)C(F)F)cc2)C2C(=O)N=CC=C21. The minimum Gasteiger partial charge on any atom is -0.382 e. The van der Waals surface area contributed by atoms with Gasteiger partial charge in [0.1, 0.15) is 17.9 Å². The highest BCUT2D eigenvalue weighted by Gasteiger charge is 2.45. The molecule has 3 aliphatic rings. The minimum atomic E-state index is -2.87. The van der Waals surface area contributed by atoms with Gasteiger partial charge in [0.2, 0.25) is 0 Å². The Balaban J connectivity index is 1.63. The number of nitriles is 1. The number of hydrogen-bond donors (Lipinski definition) is 2. The zero-order chi connectivity index (χ0) is 21.3. The summed E-state index contributed by atoms with van der Waals surface area (Å²) in [7, 11) is 0. The molecule has 0 bridgehead atoms. The molecule has 2 heterocycles. The molecular formula is C21H21F2N5O2. The fraction of sp³-hybridized carbons (Fsp3) is 0.429. The van der Waals surface area contributed by atoms with Gasteiger partial charge in [0.25, 0.3) is 12.3 Å². The Hall–Kier alpha value is -3.12. The van der Waals surface area contributed by atoms with Crippen molar-refractivity contribution in [1.29, 1.82) is 5.26 Å². The predicted molar refractivity (Wildman–Crippen MR) is 106 cm³/mol. The van der Waals surface area contributed by atoms with E-state index in [1.165, 1.54) is 30.5 Å². The third-order valence-corrected chi connectivity index (χ3v) is 5.73. The molecule has 0 spiro atoms.